The Balaban J connectivity index is 2.07. The number of aryl methyl sites for hydroxylation is 1. The van der Waals surface area contributed by atoms with Gasteiger partial charge in [0.25, 0.3) is 0 Å². The minimum atomic E-state index is -0.228. The number of hydrogen-bond donors (Lipinski definition) is 0. The summed E-state index contributed by atoms with van der Waals surface area (Å²) in [6.07, 6.45) is 0.246. The fraction of sp³-hybridized carbons (Fsp3) is 0.286. The van der Waals surface area contributed by atoms with E-state index in [0.29, 0.717) is 6.61 Å². The normalized spacial score (nSPS) is 12.1. The molecule has 0 aliphatic carbocycles. The van der Waals surface area contributed by atoms with E-state index in [4.69, 9.17) is 13.9 Å². The third-order valence-electron chi connectivity index (χ3n) is 4.38. The molecule has 0 radical (unpaired) electrons. The number of methoxy groups -OCH3 is 1. The van der Waals surface area contributed by atoms with Gasteiger partial charge in [-0.3, -0.25) is 4.79 Å². The van der Waals surface area contributed by atoms with Crippen molar-refractivity contribution in [1.29, 1.82) is 0 Å². The third kappa shape index (κ3) is 3.53. The topological polar surface area (TPSA) is 48.7 Å². The smallest absolute Gasteiger partial charge is 0.306 e. The first-order valence-corrected chi connectivity index (χ1v) is 8.41. The van der Waals surface area contributed by atoms with E-state index in [-0.39, 0.29) is 18.3 Å². The maximum Gasteiger partial charge on any atom is 0.306 e. The lowest BCUT2D eigenvalue weighted by Crippen LogP contribution is -2.12. The van der Waals surface area contributed by atoms with E-state index in [0.717, 1.165) is 33.6 Å². The number of esters is 1. The predicted molar refractivity (Wildman–Crippen MR) is 97.0 cm³/mol. The van der Waals surface area contributed by atoms with Crippen LogP contribution in [0.2, 0.25) is 0 Å². The van der Waals surface area contributed by atoms with Crippen molar-refractivity contribution in [3.05, 3.63) is 65.4 Å². The van der Waals surface area contributed by atoms with Crippen LogP contribution in [0.4, 0.5) is 0 Å². The predicted octanol–water partition coefficient (Wildman–Crippen LogP) is 4.83. The number of rotatable bonds is 6. The van der Waals surface area contributed by atoms with E-state index >= 15 is 0 Å². The van der Waals surface area contributed by atoms with E-state index in [9.17, 15) is 4.79 Å². The van der Waals surface area contributed by atoms with Gasteiger partial charge >= 0.3 is 5.97 Å². The summed E-state index contributed by atoms with van der Waals surface area (Å²) < 4.78 is 16.6. The molecule has 3 rings (SSSR count). The maximum absolute atomic E-state index is 12.1. The van der Waals surface area contributed by atoms with Crippen molar-refractivity contribution >= 4 is 16.9 Å². The molecule has 1 aromatic heterocycles. The van der Waals surface area contributed by atoms with Crippen LogP contribution < -0.4 is 4.74 Å². The number of hydrogen-bond acceptors (Lipinski definition) is 4. The lowest BCUT2D eigenvalue weighted by Gasteiger charge is -2.15. The van der Waals surface area contributed by atoms with Gasteiger partial charge < -0.3 is 13.9 Å². The lowest BCUT2D eigenvalue weighted by atomic mass is 9.91. The summed E-state index contributed by atoms with van der Waals surface area (Å²) in [7, 11) is 1.63. The summed E-state index contributed by atoms with van der Waals surface area (Å²) in [6, 6.07) is 15.7. The lowest BCUT2D eigenvalue weighted by molar-refractivity contribution is -0.143. The standard InChI is InChI=1S/C21H22O4/c1-4-24-20(22)13-18(15-8-6-5-7-9-15)21-14(2)17-11-10-16(23-3)12-19(17)25-21/h5-12,18H,4,13H2,1-3H3. The van der Waals surface area contributed by atoms with Crippen molar-refractivity contribution in [2.45, 2.75) is 26.2 Å². The molecule has 0 amide bonds. The Bertz CT molecular complexity index is 864. The molecule has 4 nitrogen and oxygen atoms in total. The second kappa shape index (κ2) is 7.43. The van der Waals surface area contributed by atoms with Gasteiger partial charge in [-0.05, 0) is 37.1 Å². The highest BCUT2D eigenvalue weighted by atomic mass is 16.5. The van der Waals surface area contributed by atoms with Crippen LogP contribution in [-0.2, 0) is 9.53 Å². The first-order valence-electron chi connectivity index (χ1n) is 8.41. The Hall–Kier alpha value is -2.75. The molecule has 25 heavy (non-hydrogen) atoms. The van der Waals surface area contributed by atoms with E-state index < -0.39 is 0 Å². The number of furan rings is 1. The fourth-order valence-corrected chi connectivity index (χ4v) is 3.12. The quantitative estimate of drug-likeness (QED) is 0.604. The van der Waals surface area contributed by atoms with Crippen LogP contribution in [0.1, 0.15) is 36.1 Å². The summed E-state index contributed by atoms with van der Waals surface area (Å²) in [5.74, 6) is 1.13. The van der Waals surface area contributed by atoms with Gasteiger partial charge in [0.2, 0.25) is 0 Å². The number of benzene rings is 2. The molecule has 0 saturated heterocycles. The van der Waals surface area contributed by atoms with Crippen molar-refractivity contribution in [2.75, 3.05) is 13.7 Å². The first-order chi connectivity index (χ1) is 12.1. The van der Waals surface area contributed by atoms with Crippen LogP contribution in [-0.4, -0.2) is 19.7 Å². The molecular weight excluding hydrogens is 316 g/mol. The van der Waals surface area contributed by atoms with Crippen LogP contribution in [0.15, 0.2) is 52.9 Å². The van der Waals surface area contributed by atoms with Crippen LogP contribution in [0, 0.1) is 6.92 Å². The minimum absolute atomic E-state index is 0.182. The highest BCUT2D eigenvalue weighted by Gasteiger charge is 2.25. The molecule has 0 fully saturated rings. The highest BCUT2D eigenvalue weighted by molar-refractivity contribution is 5.84. The summed E-state index contributed by atoms with van der Waals surface area (Å²) >= 11 is 0. The summed E-state index contributed by atoms with van der Waals surface area (Å²) in [4.78, 5) is 12.1. The number of ether oxygens (including phenoxy) is 2. The van der Waals surface area contributed by atoms with Gasteiger partial charge in [0.15, 0.2) is 0 Å². The van der Waals surface area contributed by atoms with E-state index in [1.54, 1.807) is 7.11 Å². The zero-order valence-electron chi connectivity index (χ0n) is 14.7. The largest absolute Gasteiger partial charge is 0.497 e. The number of carbonyl (C=O) groups excluding carboxylic acids is 1. The van der Waals surface area contributed by atoms with Gasteiger partial charge in [0, 0.05) is 11.5 Å². The Labute approximate surface area is 147 Å². The van der Waals surface area contributed by atoms with Crippen LogP contribution in [0.25, 0.3) is 11.0 Å². The average molecular weight is 338 g/mol. The molecule has 0 aliphatic rings. The average Bonchev–Trinajstić information content (AvgIpc) is 2.96. The zero-order chi connectivity index (χ0) is 17.8. The molecule has 2 aromatic carbocycles. The minimum Gasteiger partial charge on any atom is -0.497 e. The summed E-state index contributed by atoms with van der Waals surface area (Å²) in [5, 5.41) is 1.03. The number of carbonyl (C=O) groups is 1. The molecule has 1 atom stereocenters. The fourth-order valence-electron chi connectivity index (χ4n) is 3.12. The molecule has 0 saturated carbocycles. The Kier molecular flexibility index (Phi) is 5.08. The van der Waals surface area contributed by atoms with Crippen molar-refractivity contribution in [1.82, 2.24) is 0 Å². The molecule has 0 spiro atoms. The van der Waals surface area contributed by atoms with Gasteiger partial charge in [-0.15, -0.1) is 0 Å². The SMILES string of the molecule is CCOC(=O)CC(c1ccccc1)c1oc2cc(OC)ccc2c1C. The van der Waals surface area contributed by atoms with Crippen LogP contribution in [0.3, 0.4) is 0 Å². The molecule has 3 aromatic rings. The molecule has 0 bridgehead atoms. The Morgan fingerprint density at radius 2 is 1.92 bits per heavy atom. The monoisotopic (exact) mass is 338 g/mol. The van der Waals surface area contributed by atoms with Crippen LogP contribution >= 0.6 is 0 Å². The Morgan fingerprint density at radius 3 is 2.60 bits per heavy atom. The van der Waals surface area contributed by atoms with Gasteiger partial charge in [0.05, 0.1) is 26.1 Å². The summed E-state index contributed by atoms with van der Waals surface area (Å²) in [5.41, 5.74) is 2.83. The molecule has 0 N–H and O–H groups in total. The zero-order valence-corrected chi connectivity index (χ0v) is 14.7. The van der Waals surface area contributed by atoms with Crippen molar-refractivity contribution < 1.29 is 18.7 Å². The molecule has 1 heterocycles. The first kappa shape index (κ1) is 17.1. The van der Waals surface area contributed by atoms with Crippen molar-refractivity contribution in [2.24, 2.45) is 0 Å². The molecule has 4 heteroatoms. The van der Waals surface area contributed by atoms with Gasteiger partial charge in [-0.1, -0.05) is 30.3 Å². The highest BCUT2D eigenvalue weighted by Crippen LogP contribution is 2.37. The molecular formula is C21H22O4. The second-order valence-electron chi connectivity index (χ2n) is 5.93. The second-order valence-corrected chi connectivity index (χ2v) is 5.93. The summed E-state index contributed by atoms with van der Waals surface area (Å²) in [6.45, 7) is 4.21. The molecule has 130 valence electrons. The number of fused-ring (bicyclic) bond motifs is 1. The van der Waals surface area contributed by atoms with Gasteiger partial charge in [-0.2, -0.15) is 0 Å². The van der Waals surface area contributed by atoms with Gasteiger partial charge in [-0.25, -0.2) is 0 Å². The van der Waals surface area contributed by atoms with E-state index in [2.05, 4.69) is 0 Å². The maximum atomic E-state index is 12.1. The van der Waals surface area contributed by atoms with E-state index in [1.165, 1.54) is 0 Å². The molecule has 0 aliphatic heterocycles. The Morgan fingerprint density at radius 1 is 1.16 bits per heavy atom. The van der Waals surface area contributed by atoms with Crippen molar-refractivity contribution in [3.63, 3.8) is 0 Å². The van der Waals surface area contributed by atoms with Crippen LogP contribution in [0.5, 0.6) is 5.75 Å². The third-order valence-corrected chi connectivity index (χ3v) is 4.38. The van der Waals surface area contributed by atoms with Crippen molar-refractivity contribution in [3.8, 4) is 5.75 Å². The van der Waals surface area contributed by atoms with Gasteiger partial charge in [0.1, 0.15) is 17.1 Å². The van der Waals surface area contributed by atoms with E-state index in [1.807, 2.05) is 62.4 Å². The molecule has 1 unspecified atom stereocenters.